The summed E-state index contributed by atoms with van der Waals surface area (Å²) >= 11 is 1.93. The fourth-order valence-corrected chi connectivity index (χ4v) is 5.46. The average Bonchev–Trinajstić information content (AvgIpc) is 3.27. The van der Waals surface area contributed by atoms with Crippen LogP contribution in [0.15, 0.2) is 23.0 Å². The summed E-state index contributed by atoms with van der Waals surface area (Å²) in [4.78, 5) is 20.0. The molecule has 4 heterocycles. The third kappa shape index (κ3) is 3.93. The molecule has 2 aliphatic heterocycles. The molecule has 30 heavy (non-hydrogen) atoms. The maximum absolute atomic E-state index is 12.3. The molecule has 0 radical (unpaired) electrons. The Balaban J connectivity index is 1.73. The molecule has 0 unspecified atom stereocenters. The molecular formula is C23H29N4O2S+. The van der Waals surface area contributed by atoms with E-state index < -0.39 is 0 Å². The van der Waals surface area contributed by atoms with Crippen LogP contribution in [0.25, 0.3) is 11.3 Å². The summed E-state index contributed by atoms with van der Waals surface area (Å²) in [5.41, 5.74) is 5.15. The van der Waals surface area contributed by atoms with Gasteiger partial charge >= 0.3 is 0 Å². The van der Waals surface area contributed by atoms with Crippen LogP contribution < -0.4 is 9.88 Å². The standard InChI is InChI=1S/C23H28N4O2S/c1-4-5-20(28)26-7-9-27(10-8-26)22-18(13-24)17-12-23(2,3)30-15-19(17)21(25-22)16-6-11-29-14-16/h6,11,14H,4-5,7-10,12,15H2,1-3H3/p+1. The van der Waals surface area contributed by atoms with Crippen molar-refractivity contribution in [2.75, 3.05) is 31.1 Å². The van der Waals surface area contributed by atoms with E-state index in [0.29, 0.717) is 19.5 Å². The second-order valence-electron chi connectivity index (χ2n) is 8.65. The van der Waals surface area contributed by atoms with Gasteiger partial charge in [-0.25, -0.2) is 4.98 Å². The summed E-state index contributed by atoms with van der Waals surface area (Å²) in [6.45, 7) is 9.35. The number of carbonyl (C=O) groups is 1. The molecule has 1 amide bonds. The highest BCUT2D eigenvalue weighted by molar-refractivity contribution is 7.99. The second kappa shape index (κ2) is 8.35. The van der Waals surface area contributed by atoms with Crippen LogP contribution in [-0.2, 0) is 17.0 Å². The van der Waals surface area contributed by atoms with Gasteiger partial charge in [0.2, 0.25) is 5.91 Å². The molecule has 4 rings (SSSR count). The van der Waals surface area contributed by atoms with Gasteiger partial charge in [-0.05, 0) is 24.5 Å². The maximum atomic E-state index is 12.3. The molecule has 0 bridgehead atoms. The fourth-order valence-electron chi connectivity index (χ4n) is 4.36. The highest BCUT2D eigenvalue weighted by Crippen LogP contribution is 2.43. The fraction of sp³-hybridized carbons (Fsp3) is 0.522. The van der Waals surface area contributed by atoms with E-state index in [4.69, 9.17) is 4.42 Å². The molecular weight excluding hydrogens is 396 g/mol. The van der Waals surface area contributed by atoms with Crippen LogP contribution in [0.4, 0.5) is 5.82 Å². The zero-order chi connectivity index (χ0) is 21.3. The van der Waals surface area contributed by atoms with Crippen molar-refractivity contribution >= 4 is 23.5 Å². The topological polar surface area (TPSA) is 74.6 Å². The normalized spacial score (nSPS) is 18.1. The predicted octanol–water partition coefficient (Wildman–Crippen LogP) is 3.65. The van der Waals surface area contributed by atoms with E-state index >= 15 is 0 Å². The van der Waals surface area contributed by atoms with Crippen LogP contribution >= 0.6 is 11.8 Å². The summed E-state index contributed by atoms with van der Waals surface area (Å²) in [7, 11) is 0. The monoisotopic (exact) mass is 425 g/mol. The zero-order valence-electron chi connectivity index (χ0n) is 18.0. The van der Waals surface area contributed by atoms with Crippen LogP contribution in [-0.4, -0.2) is 41.7 Å². The number of piperazine rings is 1. The number of pyridine rings is 1. The predicted molar refractivity (Wildman–Crippen MR) is 118 cm³/mol. The molecule has 158 valence electrons. The summed E-state index contributed by atoms with van der Waals surface area (Å²) < 4.78 is 5.45. The van der Waals surface area contributed by atoms with Gasteiger partial charge in [-0.15, -0.1) is 0 Å². The average molecular weight is 426 g/mol. The van der Waals surface area contributed by atoms with Gasteiger partial charge in [0.1, 0.15) is 36.7 Å². The number of nitriles is 1. The van der Waals surface area contributed by atoms with Gasteiger partial charge in [0.25, 0.3) is 5.82 Å². The number of carbonyl (C=O) groups excluding carboxylic acids is 1. The lowest BCUT2D eigenvalue weighted by Crippen LogP contribution is -2.50. The third-order valence-electron chi connectivity index (χ3n) is 5.99. The first kappa shape index (κ1) is 20.8. The van der Waals surface area contributed by atoms with Crippen molar-refractivity contribution in [3.05, 3.63) is 35.3 Å². The molecule has 2 aliphatic rings. The first-order valence-corrected chi connectivity index (χ1v) is 11.6. The molecule has 1 N–H and O–H groups in total. The minimum Gasteiger partial charge on any atom is -0.472 e. The number of anilines is 1. The van der Waals surface area contributed by atoms with Gasteiger partial charge in [0.15, 0.2) is 0 Å². The number of aromatic amines is 1. The van der Waals surface area contributed by atoms with Gasteiger partial charge in [-0.3, -0.25) is 9.69 Å². The van der Waals surface area contributed by atoms with E-state index in [1.54, 1.807) is 12.5 Å². The molecule has 6 nitrogen and oxygen atoms in total. The van der Waals surface area contributed by atoms with E-state index in [2.05, 4.69) is 29.8 Å². The van der Waals surface area contributed by atoms with E-state index in [1.165, 1.54) is 5.56 Å². The summed E-state index contributed by atoms with van der Waals surface area (Å²) in [6, 6.07) is 4.47. The Hall–Kier alpha value is -2.46. The number of thioether (sulfide) groups is 1. The van der Waals surface area contributed by atoms with Crippen molar-refractivity contribution in [1.82, 2.24) is 4.90 Å². The number of amides is 1. The van der Waals surface area contributed by atoms with Crippen LogP contribution in [0, 0.1) is 11.3 Å². The van der Waals surface area contributed by atoms with Crippen molar-refractivity contribution in [2.45, 2.75) is 50.5 Å². The number of hydrogen-bond acceptors (Lipinski definition) is 5. The molecule has 0 atom stereocenters. The van der Waals surface area contributed by atoms with Crippen molar-refractivity contribution in [2.24, 2.45) is 0 Å². The Morgan fingerprint density at radius 2 is 2.07 bits per heavy atom. The Kier molecular flexibility index (Phi) is 5.79. The number of rotatable bonds is 4. The van der Waals surface area contributed by atoms with Crippen LogP contribution in [0.3, 0.4) is 0 Å². The van der Waals surface area contributed by atoms with E-state index in [-0.39, 0.29) is 10.7 Å². The lowest BCUT2D eigenvalue weighted by atomic mass is 9.91. The largest absolute Gasteiger partial charge is 0.472 e. The molecule has 1 fully saturated rings. The number of fused-ring (bicyclic) bond motifs is 1. The number of nitrogens with one attached hydrogen (secondary N) is 1. The van der Waals surface area contributed by atoms with E-state index in [9.17, 15) is 10.1 Å². The minimum absolute atomic E-state index is 0.0934. The maximum Gasteiger partial charge on any atom is 0.293 e. The molecule has 2 aromatic heterocycles. The molecule has 0 aliphatic carbocycles. The van der Waals surface area contributed by atoms with E-state index in [1.807, 2.05) is 29.7 Å². The smallest absolute Gasteiger partial charge is 0.293 e. The highest BCUT2D eigenvalue weighted by atomic mass is 32.2. The first-order chi connectivity index (χ1) is 14.4. The van der Waals surface area contributed by atoms with Gasteiger partial charge in [-0.2, -0.15) is 17.0 Å². The van der Waals surface area contributed by atoms with Gasteiger partial charge in [0, 0.05) is 22.5 Å². The number of hydrogen-bond donors (Lipinski definition) is 0. The zero-order valence-corrected chi connectivity index (χ0v) is 18.8. The molecule has 0 saturated carbocycles. The van der Waals surface area contributed by atoms with Crippen molar-refractivity contribution in [3.8, 4) is 17.3 Å². The lowest BCUT2D eigenvalue weighted by Gasteiger charge is -2.34. The molecule has 1 saturated heterocycles. The molecule has 7 heteroatoms. The lowest BCUT2D eigenvalue weighted by molar-refractivity contribution is -0.352. The third-order valence-corrected chi connectivity index (χ3v) is 7.35. The summed E-state index contributed by atoms with van der Waals surface area (Å²) in [5, 5.41) is 10.1. The first-order valence-electron chi connectivity index (χ1n) is 10.6. The quantitative estimate of drug-likeness (QED) is 0.747. The minimum atomic E-state index is 0.0934. The van der Waals surface area contributed by atoms with Gasteiger partial charge in [-0.1, -0.05) is 20.8 Å². The summed E-state index contributed by atoms with van der Waals surface area (Å²) in [5.74, 6) is 1.97. The summed E-state index contributed by atoms with van der Waals surface area (Å²) in [6.07, 6.45) is 5.78. The van der Waals surface area contributed by atoms with E-state index in [0.717, 1.165) is 59.9 Å². The Bertz CT molecular complexity index is 970. The Labute approximate surface area is 182 Å². The molecule has 0 aromatic carbocycles. The van der Waals surface area contributed by atoms with Crippen LogP contribution in [0.2, 0.25) is 0 Å². The number of nitrogens with zero attached hydrogens (tertiary/aromatic N) is 3. The van der Waals surface area contributed by atoms with Crippen molar-refractivity contribution in [1.29, 1.82) is 5.26 Å². The van der Waals surface area contributed by atoms with Gasteiger partial charge < -0.3 is 9.32 Å². The SMILES string of the molecule is CCCC(=O)N1CCN(c2[nH+]c(-c3ccoc3)c3c(c2C#N)CC(C)(C)SC3)CC1. The molecule has 2 aromatic rings. The van der Waals surface area contributed by atoms with Crippen LogP contribution in [0.1, 0.15) is 50.3 Å². The highest BCUT2D eigenvalue weighted by Gasteiger charge is 2.37. The van der Waals surface area contributed by atoms with Crippen molar-refractivity contribution in [3.63, 3.8) is 0 Å². The number of furan rings is 1. The number of aromatic nitrogens is 1. The number of H-pyrrole nitrogens is 1. The van der Waals surface area contributed by atoms with Crippen molar-refractivity contribution < 1.29 is 14.2 Å². The second-order valence-corrected chi connectivity index (χ2v) is 10.3. The molecule has 0 spiro atoms. The Morgan fingerprint density at radius 1 is 1.30 bits per heavy atom. The Morgan fingerprint density at radius 3 is 2.70 bits per heavy atom. The van der Waals surface area contributed by atoms with Crippen LogP contribution in [0.5, 0.6) is 0 Å². The van der Waals surface area contributed by atoms with Gasteiger partial charge in [0.05, 0.1) is 24.9 Å².